The van der Waals surface area contributed by atoms with Crippen molar-refractivity contribution in [2.24, 2.45) is 5.92 Å². The molecule has 5 heteroatoms. The van der Waals surface area contributed by atoms with E-state index >= 15 is 0 Å². The van der Waals surface area contributed by atoms with Crippen LogP contribution in [0.2, 0.25) is 0 Å². The van der Waals surface area contributed by atoms with Crippen molar-refractivity contribution in [1.82, 2.24) is 10.6 Å². The summed E-state index contributed by atoms with van der Waals surface area (Å²) in [5.74, 6) is 2.07. The molecule has 0 saturated heterocycles. The molecule has 1 unspecified atom stereocenters. The van der Waals surface area contributed by atoms with Gasteiger partial charge >= 0.3 is 0 Å². The van der Waals surface area contributed by atoms with Gasteiger partial charge in [-0.1, -0.05) is 13.8 Å². The van der Waals surface area contributed by atoms with Crippen molar-refractivity contribution in [2.75, 3.05) is 26.8 Å². The van der Waals surface area contributed by atoms with Gasteiger partial charge in [-0.05, 0) is 37.1 Å². The van der Waals surface area contributed by atoms with Crippen LogP contribution in [-0.2, 0) is 4.79 Å². The Bertz CT molecular complexity index is 418. The van der Waals surface area contributed by atoms with Gasteiger partial charge in [0.25, 0.3) is 0 Å². The maximum Gasteiger partial charge on any atom is 0.236 e. The molecule has 118 valence electrons. The lowest BCUT2D eigenvalue weighted by Crippen LogP contribution is -2.44. The number of carbonyl (C=O) groups excluding carboxylic acids is 1. The summed E-state index contributed by atoms with van der Waals surface area (Å²) < 4.78 is 10.7. The first-order valence-corrected chi connectivity index (χ1v) is 7.31. The average molecular weight is 294 g/mol. The highest BCUT2D eigenvalue weighted by Gasteiger charge is 2.11. The van der Waals surface area contributed by atoms with Crippen LogP contribution in [0.5, 0.6) is 11.5 Å². The maximum atomic E-state index is 11.8. The third kappa shape index (κ3) is 6.99. The van der Waals surface area contributed by atoms with Crippen molar-refractivity contribution in [3.8, 4) is 11.5 Å². The lowest BCUT2D eigenvalue weighted by molar-refractivity contribution is -0.122. The molecule has 0 heterocycles. The SMILES string of the molecule is COc1ccc(OCCNC(C)C(=O)NCC(C)C)cc1. The predicted molar refractivity (Wildman–Crippen MR) is 83.8 cm³/mol. The van der Waals surface area contributed by atoms with Crippen molar-refractivity contribution in [1.29, 1.82) is 0 Å². The van der Waals surface area contributed by atoms with Crippen LogP contribution in [0.3, 0.4) is 0 Å². The smallest absolute Gasteiger partial charge is 0.236 e. The fourth-order valence-corrected chi connectivity index (χ4v) is 1.67. The molecule has 1 aromatic rings. The van der Waals surface area contributed by atoms with Crippen LogP contribution >= 0.6 is 0 Å². The molecule has 0 bridgehead atoms. The van der Waals surface area contributed by atoms with Crippen LogP contribution in [0.25, 0.3) is 0 Å². The number of carbonyl (C=O) groups is 1. The van der Waals surface area contributed by atoms with Crippen molar-refractivity contribution >= 4 is 5.91 Å². The van der Waals surface area contributed by atoms with Crippen molar-refractivity contribution in [3.05, 3.63) is 24.3 Å². The number of nitrogens with one attached hydrogen (secondary N) is 2. The summed E-state index contributed by atoms with van der Waals surface area (Å²) in [4.78, 5) is 11.8. The number of ether oxygens (including phenoxy) is 2. The van der Waals surface area contributed by atoms with Crippen LogP contribution in [-0.4, -0.2) is 38.8 Å². The molecule has 1 rings (SSSR count). The Morgan fingerprint density at radius 3 is 2.33 bits per heavy atom. The standard InChI is InChI=1S/C16H26N2O3/c1-12(2)11-18-16(19)13(3)17-9-10-21-15-7-5-14(20-4)6-8-15/h5-8,12-13,17H,9-11H2,1-4H3,(H,18,19). The van der Waals surface area contributed by atoms with Gasteiger partial charge in [0, 0.05) is 13.1 Å². The average Bonchev–Trinajstić information content (AvgIpc) is 2.49. The van der Waals surface area contributed by atoms with Crippen LogP contribution in [0.4, 0.5) is 0 Å². The highest BCUT2D eigenvalue weighted by atomic mass is 16.5. The summed E-state index contributed by atoms with van der Waals surface area (Å²) in [6, 6.07) is 7.20. The summed E-state index contributed by atoms with van der Waals surface area (Å²) >= 11 is 0. The van der Waals surface area contributed by atoms with Gasteiger partial charge in [-0.15, -0.1) is 0 Å². The van der Waals surface area contributed by atoms with Crippen LogP contribution < -0.4 is 20.1 Å². The fraction of sp³-hybridized carbons (Fsp3) is 0.562. The fourth-order valence-electron chi connectivity index (χ4n) is 1.67. The highest BCUT2D eigenvalue weighted by Crippen LogP contribution is 2.16. The summed E-state index contributed by atoms with van der Waals surface area (Å²) in [5, 5.41) is 6.03. The van der Waals surface area contributed by atoms with E-state index in [4.69, 9.17) is 9.47 Å². The molecule has 1 aromatic carbocycles. The second-order valence-electron chi connectivity index (χ2n) is 5.34. The minimum atomic E-state index is -0.219. The molecule has 0 aromatic heterocycles. The number of benzene rings is 1. The molecule has 2 N–H and O–H groups in total. The predicted octanol–water partition coefficient (Wildman–Crippen LogP) is 1.82. The van der Waals surface area contributed by atoms with Gasteiger partial charge in [0.2, 0.25) is 5.91 Å². The molecule has 21 heavy (non-hydrogen) atoms. The Hall–Kier alpha value is -1.75. The molecular weight excluding hydrogens is 268 g/mol. The van der Waals surface area contributed by atoms with E-state index in [0.717, 1.165) is 11.5 Å². The van der Waals surface area contributed by atoms with Gasteiger partial charge in [-0.2, -0.15) is 0 Å². The zero-order valence-corrected chi connectivity index (χ0v) is 13.3. The van der Waals surface area contributed by atoms with Crippen LogP contribution in [0.15, 0.2) is 24.3 Å². The maximum absolute atomic E-state index is 11.8. The Balaban J connectivity index is 2.19. The Morgan fingerprint density at radius 1 is 1.14 bits per heavy atom. The molecule has 5 nitrogen and oxygen atoms in total. The number of hydrogen-bond donors (Lipinski definition) is 2. The quantitative estimate of drug-likeness (QED) is 0.682. The van der Waals surface area contributed by atoms with E-state index in [-0.39, 0.29) is 11.9 Å². The van der Waals surface area contributed by atoms with Gasteiger partial charge in [-0.3, -0.25) is 4.79 Å². The Morgan fingerprint density at radius 2 is 1.76 bits per heavy atom. The molecule has 0 fully saturated rings. The summed E-state index contributed by atoms with van der Waals surface area (Å²) in [6.07, 6.45) is 0. The van der Waals surface area contributed by atoms with Gasteiger partial charge in [0.1, 0.15) is 18.1 Å². The highest BCUT2D eigenvalue weighted by molar-refractivity contribution is 5.81. The van der Waals surface area contributed by atoms with Crippen LogP contribution in [0.1, 0.15) is 20.8 Å². The summed E-state index contributed by atoms with van der Waals surface area (Å²) in [6.45, 7) is 7.81. The second kappa shape index (κ2) is 9.23. The Kier molecular flexibility index (Phi) is 7.61. The Labute approximate surface area is 127 Å². The van der Waals surface area contributed by atoms with E-state index in [2.05, 4.69) is 24.5 Å². The van der Waals surface area contributed by atoms with Gasteiger partial charge < -0.3 is 20.1 Å². The molecule has 0 aliphatic heterocycles. The molecule has 0 spiro atoms. The van der Waals surface area contributed by atoms with Crippen molar-refractivity contribution in [3.63, 3.8) is 0 Å². The second-order valence-corrected chi connectivity index (χ2v) is 5.34. The van der Waals surface area contributed by atoms with E-state index < -0.39 is 0 Å². The van der Waals surface area contributed by atoms with Gasteiger partial charge in [0.15, 0.2) is 0 Å². The third-order valence-electron chi connectivity index (χ3n) is 2.96. The monoisotopic (exact) mass is 294 g/mol. The summed E-state index contributed by atoms with van der Waals surface area (Å²) in [7, 11) is 1.63. The molecule has 0 aliphatic rings. The van der Waals surface area contributed by atoms with E-state index in [1.54, 1.807) is 7.11 Å². The normalized spacial score (nSPS) is 12.0. The lowest BCUT2D eigenvalue weighted by Gasteiger charge is -2.15. The number of hydrogen-bond acceptors (Lipinski definition) is 4. The topological polar surface area (TPSA) is 59.6 Å². The van der Waals surface area contributed by atoms with E-state index in [1.807, 2.05) is 31.2 Å². The minimum Gasteiger partial charge on any atom is -0.497 e. The largest absolute Gasteiger partial charge is 0.497 e. The zero-order chi connectivity index (χ0) is 15.7. The number of rotatable bonds is 9. The first-order valence-electron chi connectivity index (χ1n) is 7.31. The molecule has 0 saturated carbocycles. The molecule has 0 aliphatic carbocycles. The molecule has 1 atom stereocenters. The lowest BCUT2D eigenvalue weighted by atomic mass is 10.2. The zero-order valence-electron chi connectivity index (χ0n) is 13.3. The number of methoxy groups -OCH3 is 1. The molecule has 0 radical (unpaired) electrons. The van der Waals surface area contributed by atoms with Crippen molar-refractivity contribution < 1.29 is 14.3 Å². The third-order valence-corrected chi connectivity index (χ3v) is 2.96. The molecule has 1 amide bonds. The van der Waals surface area contributed by atoms with E-state index in [9.17, 15) is 4.79 Å². The summed E-state index contributed by atoms with van der Waals surface area (Å²) in [5.41, 5.74) is 0. The first kappa shape index (κ1) is 17.3. The minimum absolute atomic E-state index is 0.0214. The first-order chi connectivity index (χ1) is 10.0. The van der Waals surface area contributed by atoms with Gasteiger partial charge in [0.05, 0.1) is 13.2 Å². The van der Waals surface area contributed by atoms with Crippen molar-refractivity contribution in [2.45, 2.75) is 26.8 Å². The van der Waals surface area contributed by atoms with E-state index in [0.29, 0.717) is 25.6 Å². The number of amides is 1. The van der Waals surface area contributed by atoms with E-state index in [1.165, 1.54) is 0 Å². The van der Waals surface area contributed by atoms with Gasteiger partial charge in [-0.25, -0.2) is 0 Å². The molecular formula is C16H26N2O3. The van der Waals surface area contributed by atoms with Crippen LogP contribution in [0, 0.1) is 5.92 Å².